The van der Waals surface area contributed by atoms with E-state index < -0.39 is 0 Å². The molecule has 1 fully saturated rings. The van der Waals surface area contributed by atoms with Crippen LogP contribution in [0, 0.1) is 0 Å². The molecule has 0 nitrogen and oxygen atoms in total. The first kappa shape index (κ1) is 37.8. The van der Waals surface area contributed by atoms with Crippen molar-refractivity contribution in [2.75, 3.05) is 0 Å². The second-order valence-corrected chi connectivity index (χ2v) is 2.12. The van der Waals surface area contributed by atoms with Gasteiger partial charge in [0, 0.05) is 0 Å². The van der Waals surface area contributed by atoms with Gasteiger partial charge in [-0.1, -0.05) is 38.5 Å². The average molecular weight is 325 g/mol. The van der Waals surface area contributed by atoms with Crippen LogP contribution >= 0.6 is 0 Å². The molecule has 1 saturated carbocycles. The van der Waals surface area contributed by atoms with E-state index in [1.54, 1.807) is 0 Å². The summed E-state index contributed by atoms with van der Waals surface area (Å²) in [5.41, 5.74) is 0. The van der Waals surface area contributed by atoms with Gasteiger partial charge in [-0.3, -0.25) is 0 Å². The molecule has 0 radical (unpaired) electrons. The molecule has 0 aliphatic heterocycles. The summed E-state index contributed by atoms with van der Waals surface area (Å²) in [5.74, 6) is 0. The van der Waals surface area contributed by atoms with Gasteiger partial charge in [0.2, 0.25) is 0 Å². The van der Waals surface area contributed by atoms with E-state index >= 15 is 0 Å². The molecule has 1 rings (SSSR count). The van der Waals surface area contributed by atoms with Crippen LogP contribution in [0.4, 0.5) is 0 Å². The van der Waals surface area contributed by atoms with Crippen LogP contribution in [-0.2, 0) is 0 Å². The molecule has 0 aromatic rings. The molecule has 48 valence electrons. The topological polar surface area (TPSA) is 0 Å². The molecule has 0 aromatic heterocycles. The summed E-state index contributed by atoms with van der Waals surface area (Å²) in [4.78, 5) is 0. The second kappa shape index (κ2) is 32.7. The van der Waals surface area contributed by atoms with Gasteiger partial charge in [-0.25, -0.2) is 0 Å². The van der Waals surface area contributed by atoms with Gasteiger partial charge in [0.1, 0.15) is 0 Å². The molecule has 12 heavy (non-hydrogen) atoms. The van der Waals surface area contributed by atoms with Gasteiger partial charge in [0.05, 0.1) is 0 Å². The fourth-order valence-electron chi connectivity index (χ4n) is 1.06. The van der Waals surface area contributed by atoms with Crippen LogP contribution in [-0.4, -0.2) is 308 Å². The Morgan fingerprint density at radius 1 is 0.250 bits per heavy atom. The van der Waals surface area contributed by atoms with Crippen molar-refractivity contribution in [3.05, 3.63) is 0 Å². The van der Waals surface area contributed by atoms with Crippen molar-refractivity contribution in [1.29, 1.82) is 0 Å². The van der Waals surface area contributed by atoms with Crippen molar-refractivity contribution >= 4 is 308 Å². The van der Waals surface area contributed by atoms with E-state index in [4.69, 9.17) is 0 Å². The van der Waals surface area contributed by atoms with Gasteiger partial charge < -0.3 is 0 Å². The maximum atomic E-state index is 1.50. The second-order valence-electron chi connectivity index (χ2n) is 2.12. The summed E-state index contributed by atoms with van der Waals surface area (Å²) in [7, 11) is 0. The van der Waals surface area contributed by atoms with Crippen LogP contribution in [0.25, 0.3) is 0 Å². The van der Waals surface area contributed by atoms with Crippen molar-refractivity contribution in [3.63, 3.8) is 0 Å². The Balaban J connectivity index is -0.0000000150. The Bertz CT molecular complexity index is 27.5. The van der Waals surface area contributed by atoms with E-state index in [2.05, 4.69) is 0 Å². The average Bonchev–Trinajstić information content (AvgIpc) is 1.72. The van der Waals surface area contributed by atoms with Crippen LogP contribution < -0.4 is 0 Å². The Labute approximate surface area is 333 Å². The van der Waals surface area contributed by atoms with Crippen LogP contribution in [0.5, 0.6) is 0 Å². The van der Waals surface area contributed by atoms with E-state index in [-0.39, 0.29) is 308 Å². The summed E-state index contributed by atoms with van der Waals surface area (Å²) in [6, 6.07) is 0. The summed E-state index contributed by atoms with van der Waals surface area (Å²) < 4.78 is 0. The van der Waals surface area contributed by atoms with Gasteiger partial charge in [-0.15, -0.1) is 0 Å². The molecule has 6 heteroatoms. The molecule has 0 amide bonds. The summed E-state index contributed by atoms with van der Waals surface area (Å²) in [6.45, 7) is 0. The summed E-state index contributed by atoms with van der Waals surface area (Å²) in [6.07, 6.45) is 9.00. The maximum absolute atomic E-state index is 1.50. The monoisotopic (exact) mass is 324 g/mol. The Morgan fingerprint density at radius 3 is 0.417 bits per heavy atom. The normalized spacial score (nSPS) is 12.0. The SMILES string of the molecule is C1CCCCC1.[KH].[KH].[KH].[KH].[KH].[KH]. The third-order valence-electron chi connectivity index (χ3n) is 1.50. The zero-order chi connectivity index (χ0) is 4.24. The summed E-state index contributed by atoms with van der Waals surface area (Å²) in [5, 5.41) is 0. The fraction of sp³-hybridized carbons (Fsp3) is 1.00. The van der Waals surface area contributed by atoms with Gasteiger partial charge in [0.25, 0.3) is 0 Å². The first-order valence-corrected chi connectivity index (χ1v) is 3.00. The molecule has 1 aliphatic rings. The molecule has 0 heterocycles. The predicted molar refractivity (Wildman–Crippen MR) is 70.6 cm³/mol. The van der Waals surface area contributed by atoms with Crippen LogP contribution in [0.3, 0.4) is 0 Å². The zero-order valence-electron chi connectivity index (χ0n) is 4.24. The Morgan fingerprint density at radius 2 is 0.333 bits per heavy atom. The Hall–Kier alpha value is 9.82. The molecule has 0 N–H and O–H groups in total. The Kier molecular flexibility index (Phi) is 103. The molecule has 0 spiro atoms. The van der Waals surface area contributed by atoms with E-state index in [9.17, 15) is 0 Å². The van der Waals surface area contributed by atoms with Crippen LogP contribution in [0.1, 0.15) is 38.5 Å². The number of hydrogen-bond donors (Lipinski definition) is 0. The molecule has 0 bridgehead atoms. The zero-order valence-corrected chi connectivity index (χ0v) is 4.24. The molecular weight excluding hydrogens is 307 g/mol. The predicted octanol–water partition coefficient (Wildman–Crippen LogP) is -1.55. The minimum atomic E-state index is 0. The third-order valence-corrected chi connectivity index (χ3v) is 1.50. The number of rotatable bonds is 0. The van der Waals surface area contributed by atoms with Crippen molar-refractivity contribution in [3.8, 4) is 0 Å². The molecule has 0 atom stereocenters. The molecular formula is C6H18K6. The molecule has 0 saturated heterocycles. The van der Waals surface area contributed by atoms with E-state index in [1.165, 1.54) is 38.5 Å². The van der Waals surface area contributed by atoms with Crippen LogP contribution in [0.15, 0.2) is 0 Å². The summed E-state index contributed by atoms with van der Waals surface area (Å²) >= 11 is 0. The quantitative estimate of drug-likeness (QED) is 0.473. The minimum absolute atomic E-state index is 0. The molecule has 0 aromatic carbocycles. The van der Waals surface area contributed by atoms with Gasteiger partial charge in [-0.05, 0) is 0 Å². The molecule has 1 aliphatic carbocycles. The van der Waals surface area contributed by atoms with Crippen molar-refractivity contribution in [1.82, 2.24) is 0 Å². The van der Waals surface area contributed by atoms with Crippen molar-refractivity contribution in [2.24, 2.45) is 0 Å². The van der Waals surface area contributed by atoms with E-state index in [0.717, 1.165) is 0 Å². The van der Waals surface area contributed by atoms with E-state index in [0.29, 0.717) is 0 Å². The first-order valence-electron chi connectivity index (χ1n) is 3.00. The van der Waals surface area contributed by atoms with Crippen molar-refractivity contribution in [2.45, 2.75) is 38.5 Å². The van der Waals surface area contributed by atoms with Gasteiger partial charge in [-0.2, -0.15) is 0 Å². The van der Waals surface area contributed by atoms with Gasteiger partial charge >= 0.3 is 308 Å². The van der Waals surface area contributed by atoms with Gasteiger partial charge in [0.15, 0.2) is 0 Å². The van der Waals surface area contributed by atoms with E-state index in [1.807, 2.05) is 0 Å². The van der Waals surface area contributed by atoms with Crippen LogP contribution in [0.2, 0.25) is 0 Å². The first-order chi connectivity index (χ1) is 3.00. The standard InChI is InChI=1S/C6H12.6K.6H/c1-2-4-6-5-3-1;;;;;;;;;;;;/h1-6H2;;;;;;;;;;;;. The van der Waals surface area contributed by atoms with Crippen molar-refractivity contribution < 1.29 is 0 Å². The third kappa shape index (κ3) is 28.0. The number of hydrogen-bond acceptors (Lipinski definition) is 0. The molecule has 0 unspecified atom stereocenters. The fourth-order valence-corrected chi connectivity index (χ4v) is 1.06.